The molecule has 0 aromatic carbocycles. The summed E-state index contributed by atoms with van der Waals surface area (Å²) in [5.41, 5.74) is 0. The van der Waals surface area contributed by atoms with E-state index in [9.17, 15) is 28.8 Å². The van der Waals surface area contributed by atoms with E-state index in [0.29, 0.717) is 19.5 Å². The van der Waals surface area contributed by atoms with E-state index in [1.165, 1.54) is 4.90 Å². The minimum absolute atomic E-state index is 0.00713. The van der Waals surface area contributed by atoms with Crippen LogP contribution in [-0.2, 0) is 33.4 Å². The fourth-order valence-electron chi connectivity index (χ4n) is 2.92. The molecule has 0 aliphatic carbocycles. The van der Waals surface area contributed by atoms with Crippen LogP contribution < -0.4 is 16.0 Å². The van der Waals surface area contributed by atoms with Crippen LogP contribution in [0, 0.1) is 0 Å². The third-order valence-corrected chi connectivity index (χ3v) is 5.23. The van der Waals surface area contributed by atoms with Gasteiger partial charge in [0.25, 0.3) is 11.8 Å². The number of amides is 6. The second kappa shape index (κ2) is 18.5. The average molecular weight is 542 g/mol. The molecule has 3 N–H and O–H groups in total. The molecule has 1 rings (SSSR count). The lowest BCUT2D eigenvalue weighted by Gasteiger charge is -2.20. The van der Waals surface area contributed by atoms with Crippen LogP contribution in [0.2, 0.25) is 0 Å². The molecule has 0 spiro atoms. The third-order valence-electron chi connectivity index (χ3n) is 5.23. The van der Waals surface area contributed by atoms with Crippen molar-refractivity contribution in [1.29, 1.82) is 0 Å². The summed E-state index contributed by atoms with van der Waals surface area (Å²) in [6.07, 6.45) is 1.74. The molecule has 0 aromatic heterocycles. The molecule has 14 nitrogen and oxygen atoms in total. The smallest absolute Gasteiger partial charge is 0.409 e. The van der Waals surface area contributed by atoms with E-state index in [1.54, 1.807) is 14.0 Å². The Hall–Kier alpha value is -3.68. The molecule has 0 bridgehead atoms. The molecular formula is C24H39N5O9. The molecule has 38 heavy (non-hydrogen) atoms. The highest BCUT2D eigenvalue weighted by Crippen LogP contribution is 2.04. The van der Waals surface area contributed by atoms with Crippen LogP contribution in [0.1, 0.15) is 39.5 Å². The van der Waals surface area contributed by atoms with Gasteiger partial charge in [-0.1, -0.05) is 6.92 Å². The Balaban J connectivity index is 2.24. The first kappa shape index (κ1) is 32.3. The van der Waals surface area contributed by atoms with Gasteiger partial charge in [0.15, 0.2) is 0 Å². The number of ether oxygens (including phenoxy) is 3. The molecule has 1 heterocycles. The number of alkyl carbamates (subject to hydrolysis) is 1. The number of nitrogens with one attached hydrogen (secondary N) is 3. The van der Waals surface area contributed by atoms with Crippen molar-refractivity contribution in [2.24, 2.45) is 0 Å². The Kier molecular flexibility index (Phi) is 15.8. The molecule has 0 radical (unpaired) electrons. The number of carbonyl (C=O) groups is 6. The maximum absolute atomic E-state index is 12.0. The van der Waals surface area contributed by atoms with Crippen molar-refractivity contribution in [3.8, 4) is 0 Å². The number of nitrogens with zero attached hydrogens (tertiary/aromatic N) is 2. The van der Waals surface area contributed by atoms with Crippen LogP contribution in [-0.4, -0.2) is 111 Å². The van der Waals surface area contributed by atoms with Gasteiger partial charge < -0.3 is 35.1 Å². The predicted molar refractivity (Wildman–Crippen MR) is 135 cm³/mol. The third kappa shape index (κ3) is 13.6. The van der Waals surface area contributed by atoms with Crippen molar-refractivity contribution in [2.45, 2.75) is 45.6 Å². The Labute approximate surface area is 222 Å². The molecule has 1 atom stereocenters. The molecule has 0 saturated heterocycles. The van der Waals surface area contributed by atoms with Crippen molar-refractivity contribution in [3.05, 3.63) is 12.2 Å². The van der Waals surface area contributed by atoms with Gasteiger partial charge >= 0.3 is 12.2 Å². The maximum atomic E-state index is 12.0. The second-order valence-corrected chi connectivity index (χ2v) is 8.32. The largest absolute Gasteiger partial charge is 0.447 e. The predicted octanol–water partition coefficient (Wildman–Crippen LogP) is -0.0762. The molecule has 1 unspecified atom stereocenters. The lowest BCUT2D eigenvalue weighted by molar-refractivity contribution is -0.137. The quantitative estimate of drug-likeness (QED) is 0.158. The Morgan fingerprint density at radius 2 is 1.50 bits per heavy atom. The van der Waals surface area contributed by atoms with E-state index in [4.69, 9.17) is 14.2 Å². The van der Waals surface area contributed by atoms with Crippen LogP contribution >= 0.6 is 0 Å². The van der Waals surface area contributed by atoms with E-state index < -0.39 is 30.1 Å². The number of hydrogen-bond acceptors (Lipinski definition) is 9. The Morgan fingerprint density at radius 1 is 0.895 bits per heavy atom. The van der Waals surface area contributed by atoms with Gasteiger partial charge in [-0.05, 0) is 19.8 Å². The maximum Gasteiger partial charge on any atom is 0.409 e. The average Bonchev–Trinajstić information content (AvgIpc) is 3.23. The minimum atomic E-state index is -0.697. The zero-order valence-corrected chi connectivity index (χ0v) is 22.3. The van der Waals surface area contributed by atoms with E-state index in [2.05, 4.69) is 16.0 Å². The fraction of sp³-hybridized carbons (Fsp3) is 0.667. The van der Waals surface area contributed by atoms with Crippen molar-refractivity contribution in [3.63, 3.8) is 0 Å². The molecule has 0 fully saturated rings. The van der Waals surface area contributed by atoms with Gasteiger partial charge in [-0.25, -0.2) is 9.59 Å². The Bertz CT molecular complexity index is 831. The first-order valence-corrected chi connectivity index (χ1v) is 12.6. The Morgan fingerprint density at radius 3 is 2.11 bits per heavy atom. The van der Waals surface area contributed by atoms with Crippen LogP contribution in [0.25, 0.3) is 0 Å². The molecule has 214 valence electrons. The summed E-state index contributed by atoms with van der Waals surface area (Å²) in [4.78, 5) is 72.7. The van der Waals surface area contributed by atoms with Crippen LogP contribution in [0.4, 0.5) is 9.59 Å². The summed E-state index contributed by atoms with van der Waals surface area (Å²) in [6.45, 7) is 4.96. The van der Waals surface area contributed by atoms with Crippen molar-refractivity contribution in [2.75, 3.05) is 59.6 Å². The SMILES string of the molecule is CCCNC(=O)OCC(COC(=O)N(C)CC)OCCCC(=O)NCCNC(=O)CCN1C(=O)C=CC1=O. The number of imide groups is 1. The summed E-state index contributed by atoms with van der Waals surface area (Å²) >= 11 is 0. The first-order chi connectivity index (χ1) is 18.2. The summed E-state index contributed by atoms with van der Waals surface area (Å²) in [6, 6.07) is 0. The highest BCUT2D eigenvalue weighted by molar-refractivity contribution is 6.13. The van der Waals surface area contributed by atoms with Gasteiger partial charge in [-0.3, -0.25) is 24.1 Å². The van der Waals surface area contributed by atoms with Crippen LogP contribution in [0.3, 0.4) is 0 Å². The van der Waals surface area contributed by atoms with E-state index in [0.717, 1.165) is 23.5 Å². The molecule has 1 aliphatic rings. The molecular weight excluding hydrogens is 502 g/mol. The number of hydrogen-bond donors (Lipinski definition) is 3. The lowest BCUT2D eigenvalue weighted by atomic mass is 10.3. The van der Waals surface area contributed by atoms with Gasteiger partial charge in [0, 0.05) is 71.4 Å². The van der Waals surface area contributed by atoms with Gasteiger partial charge in [0.2, 0.25) is 11.8 Å². The van der Waals surface area contributed by atoms with Gasteiger partial charge in [0.1, 0.15) is 19.3 Å². The van der Waals surface area contributed by atoms with E-state index in [1.807, 2.05) is 6.92 Å². The molecule has 14 heteroatoms. The van der Waals surface area contributed by atoms with Gasteiger partial charge in [-0.15, -0.1) is 0 Å². The fourth-order valence-corrected chi connectivity index (χ4v) is 2.92. The standard InChI is InChI=1S/C24H39N5O9/c1-4-11-27-23(34)37-16-18(17-38-24(35)28(3)5-2)36-15-6-7-19(30)25-12-13-26-20(31)10-14-29-21(32)8-9-22(29)33/h8-9,18H,4-7,10-17H2,1-3H3,(H,25,30)(H,26,31)(H,27,34). The van der Waals surface area contributed by atoms with Crippen molar-refractivity contribution < 1.29 is 43.0 Å². The van der Waals surface area contributed by atoms with Gasteiger partial charge in [-0.2, -0.15) is 0 Å². The monoisotopic (exact) mass is 541 g/mol. The lowest BCUT2D eigenvalue weighted by Crippen LogP contribution is -2.37. The number of carbonyl (C=O) groups excluding carboxylic acids is 6. The number of rotatable bonds is 18. The van der Waals surface area contributed by atoms with Crippen molar-refractivity contribution in [1.82, 2.24) is 25.8 Å². The van der Waals surface area contributed by atoms with Crippen LogP contribution in [0.5, 0.6) is 0 Å². The minimum Gasteiger partial charge on any atom is -0.447 e. The highest BCUT2D eigenvalue weighted by Gasteiger charge is 2.23. The van der Waals surface area contributed by atoms with Crippen molar-refractivity contribution >= 4 is 35.8 Å². The summed E-state index contributed by atoms with van der Waals surface area (Å²) in [5.74, 6) is -1.48. The van der Waals surface area contributed by atoms with E-state index in [-0.39, 0.29) is 64.1 Å². The summed E-state index contributed by atoms with van der Waals surface area (Å²) in [7, 11) is 1.59. The molecule has 0 saturated carbocycles. The molecule has 6 amide bonds. The summed E-state index contributed by atoms with van der Waals surface area (Å²) in [5, 5.41) is 7.84. The summed E-state index contributed by atoms with van der Waals surface area (Å²) < 4.78 is 16.0. The highest BCUT2D eigenvalue weighted by atomic mass is 16.6. The van der Waals surface area contributed by atoms with E-state index >= 15 is 0 Å². The molecule has 1 aliphatic heterocycles. The first-order valence-electron chi connectivity index (χ1n) is 12.6. The topological polar surface area (TPSA) is 173 Å². The van der Waals surface area contributed by atoms with Crippen LogP contribution in [0.15, 0.2) is 12.2 Å². The van der Waals surface area contributed by atoms with Gasteiger partial charge in [0.05, 0.1) is 0 Å². The zero-order valence-electron chi connectivity index (χ0n) is 22.3. The normalized spacial score (nSPS) is 13.2. The molecule has 0 aromatic rings. The second-order valence-electron chi connectivity index (χ2n) is 8.32. The zero-order chi connectivity index (χ0) is 28.3.